The number of nitrogens with one attached hydrogen (secondary N) is 1. The van der Waals surface area contributed by atoms with Crippen molar-refractivity contribution in [3.63, 3.8) is 0 Å². The number of aromatic nitrogens is 1. The number of amides is 1. The topological polar surface area (TPSA) is 60.5 Å². The molecular formula is C21H21ClN2O3S. The summed E-state index contributed by atoms with van der Waals surface area (Å²) in [6.07, 6.45) is 0.665. The molecule has 0 atom stereocenters. The van der Waals surface area contributed by atoms with Crippen LogP contribution in [0.3, 0.4) is 0 Å². The van der Waals surface area contributed by atoms with Crippen molar-refractivity contribution in [3.8, 4) is 22.1 Å². The number of carbonyl (C=O) groups is 1. The van der Waals surface area contributed by atoms with E-state index in [1.807, 2.05) is 42.6 Å². The largest absolute Gasteiger partial charge is 0.497 e. The third-order valence-electron chi connectivity index (χ3n) is 4.09. The van der Waals surface area contributed by atoms with E-state index in [1.54, 1.807) is 30.6 Å². The number of rotatable bonds is 8. The van der Waals surface area contributed by atoms with Gasteiger partial charge in [-0.05, 0) is 55.0 Å². The smallest absolute Gasteiger partial charge is 0.257 e. The number of methoxy groups -OCH3 is 1. The van der Waals surface area contributed by atoms with Gasteiger partial charge in [0, 0.05) is 28.9 Å². The summed E-state index contributed by atoms with van der Waals surface area (Å²) in [7, 11) is 1.65. The quantitative estimate of drug-likeness (QED) is 0.586. The minimum Gasteiger partial charge on any atom is -0.497 e. The molecule has 7 heteroatoms. The molecule has 0 bridgehead atoms. The molecule has 1 aromatic heterocycles. The second-order valence-electron chi connectivity index (χ2n) is 6.17. The normalized spacial score (nSPS) is 10.5. The van der Waals surface area contributed by atoms with E-state index < -0.39 is 0 Å². The van der Waals surface area contributed by atoms with Crippen LogP contribution in [0.2, 0.25) is 5.02 Å². The van der Waals surface area contributed by atoms with E-state index >= 15 is 0 Å². The third-order valence-corrected chi connectivity index (χ3v) is 5.46. The maximum absolute atomic E-state index is 12.0. The predicted molar refractivity (Wildman–Crippen MR) is 112 cm³/mol. The van der Waals surface area contributed by atoms with Gasteiger partial charge in [0.2, 0.25) is 0 Å². The highest BCUT2D eigenvalue weighted by molar-refractivity contribution is 7.13. The number of carbonyl (C=O) groups excluding carboxylic acids is 1. The molecule has 0 unspecified atom stereocenters. The first-order chi connectivity index (χ1) is 13.5. The molecule has 0 radical (unpaired) electrons. The molecule has 3 aromatic rings. The van der Waals surface area contributed by atoms with Crippen molar-refractivity contribution < 1.29 is 14.3 Å². The van der Waals surface area contributed by atoms with Crippen molar-refractivity contribution in [2.45, 2.75) is 13.3 Å². The lowest BCUT2D eigenvalue weighted by Gasteiger charge is -2.08. The molecule has 146 valence electrons. The molecule has 1 amide bonds. The summed E-state index contributed by atoms with van der Waals surface area (Å²) < 4.78 is 10.7. The molecule has 5 nitrogen and oxygen atoms in total. The van der Waals surface area contributed by atoms with Crippen LogP contribution in [0.1, 0.15) is 11.3 Å². The Hall–Kier alpha value is -2.57. The van der Waals surface area contributed by atoms with E-state index in [0.29, 0.717) is 23.7 Å². The number of hydrogen-bond acceptors (Lipinski definition) is 5. The molecule has 0 saturated carbocycles. The molecule has 28 heavy (non-hydrogen) atoms. The van der Waals surface area contributed by atoms with Crippen molar-refractivity contribution in [2.75, 3.05) is 20.3 Å². The highest BCUT2D eigenvalue weighted by Gasteiger charge is 2.07. The third kappa shape index (κ3) is 5.47. The van der Waals surface area contributed by atoms with Gasteiger partial charge in [-0.2, -0.15) is 0 Å². The van der Waals surface area contributed by atoms with Crippen molar-refractivity contribution in [1.82, 2.24) is 10.3 Å². The Morgan fingerprint density at radius 1 is 1.18 bits per heavy atom. The van der Waals surface area contributed by atoms with Gasteiger partial charge in [0.1, 0.15) is 16.5 Å². The first-order valence-electron chi connectivity index (χ1n) is 8.79. The highest BCUT2D eigenvalue weighted by Crippen LogP contribution is 2.25. The minimum atomic E-state index is -0.168. The van der Waals surface area contributed by atoms with E-state index in [2.05, 4.69) is 10.3 Å². The molecule has 1 N–H and O–H groups in total. The SMILES string of the molecule is COc1ccc(-c2nc(CCNC(=O)COc3ccc(Cl)c(C)c3)cs2)cc1. The lowest BCUT2D eigenvalue weighted by molar-refractivity contribution is -0.123. The lowest BCUT2D eigenvalue weighted by atomic mass is 10.2. The van der Waals surface area contributed by atoms with Gasteiger partial charge in [0.05, 0.1) is 12.8 Å². The summed E-state index contributed by atoms with van der Waals surface area (Å²) in [5, 5.41) is 6.49. The van der Waals surface area contributed by atoms with Gasteiger partial charge in [-0.15, -0.1) is 11.3 Å². The van der Waals surface area contributed by atoms with Crippen LogP contribution in [0.5, 0.6) is 11.5 Å². The summed E-state index contributed by atoms with van der Waals surface area (Å²) in [4.78, 5) is 16.6. The van der Waals surface area contributed by atoms with Crippen LogP contribution in [-0.4, -0.2) is 31.2 Å². The number of thiazole rings is 1. The van der Waals surface area contributed by atoms with Gasteiger partial charge in [-0.3, -0.25) is 4.79 Å². The second-order valence-corrected chi connectivity index (χ2v) is 7.44. The summed E-state index contributed by atoms with van der Waals surface area (Å²) in [5.41, 5.74) is 2.91. The van der Waals surface area contributed by atoms with E-state index in [4.69, 9.17) is 21.1 Å². The van der Waals surface area contributed by atoms with Crippen molar-refractivity contribution in [3.05, 3.63) is 64.1 Å². The summed E-state index contributed by atoms with van der Waals surface area (Å²) >= 11 is 7.56. The van der Waals surface area contributed by atoms with Crippen LogP contribution in [-0.2, 0) is 11.2 Å². The number of ether oxygens (including phenoxy) is 2. The molecule has 0 aliphatic heterocycles. The number of benzene rings is 2. The van der Waals surface area contributed by atoms with Gasteiger partial charge < -0.3 is 14.8 Å². The molecule has 0 saturated heterocycles. The van der Waals surface area contributed by atoms with Gasteiger partial charge >= 0.3 is 0 Å². The molecule has 3 rings (SSSR count). The van der Waals surface area contributed by atoms with Crippen molar-refractivity contribution in [2.24, 2.45) is 0 Å². The molecule has 0 fully saturated rings. The maximum Gasteiger partial charge on any atom is 0.257 e. The number of nitrogens with zero attached hydrogens (tertiary/aromatic N) is 1. The second kappa shape index (κ2) is 9.57. The average Bonchev–Trinajstić information content (AvgIpc) is 3.18. The number of hydrogen-bond donors (Lipinski definition) is 1. The first-order valence-corrected chi connectivity index (χ1v) is 10.1. The predicted octanol–water partition coefficient (Wildman–Crippen LogP) is 4.52. The van der Waals surface area contributed by atoms with Crippen LogP contribution in [0, 0.1) is 6.92 Å². The Morgan fingerprint density at radius 2 is 1.93 bits per heavy atom. The monoisotopic (exact) mass is 416 g/mol. The Bertz CT molecular complexity index is 941. The fourth-order valence-corrected chi connectivity index (χ4v) is 3.50. The number of aryl methyl sites for hydroxylation is 1. The van der Waals surface area contributed by atoms with Gasteiger partial charge in [0.15, 0.2) is 6.61 Å². The van der Waals surface area contributed by atoms with Crippen LogP contribution >= 0.6 is 22.9 Å². The van der Waals surface area contributed by atoms with E-state index in [0.717, 1.165) is 27.6 Å². The van der Waals surface area contributed by atoms with E-state index in [9.17, 15) is 4.79 Å². The van der Waals surface area contributed by atoms with Crippen LogP contribution in [0.4, 0.5) is 0 Å². The van der Waals surface area contributed by atoms with Gasteiger partial charge in [-0.1, -0.05) is 11.6 Å². The Morgan fingerprint density at radius 3 is 2.64 bits per heavy atom. The Kier molecular flexibility index (Phi) is 6.90. The van der Waals surface area contributed by atoms with Gasteiger partial charge in [0.25, 0.3) is 5.91 Å². The van der Waals surface area contributed by atoms with Crippen LogP contribution < -0.4 is 14.8 Å². The van der Waals surface area contributed by atoms with E-state index in [1.165, 1.54) is 0 Å². The standard InChI is InChI=1S/C21H21ClN2O3S/c1-14-11-18(7-8-19(14)22)27-12-20(25)23-10-9-16-13-28-21(24-16)15-3-5-17(26-2)6-4-15/h3-8,11,13H,9-10,12H2,1-2H3,(H,23,25). The Balaban J connectivity index is 1.43. The number of halogens is 1. The van der Waals surface area contributed by atoms with E-state index in [-0.39, 0.29) is 12.5 Å². The zero-order chi connectivity index (χ0) is 19.9. The van der Waals surface area contributed by atoms with Crippen LogP contribution in [0.25, 0.3) is 10.6 Å². The molecule has 1 heterocycles. The molecule has 0 spiro atoms. The fourth-order valence-electron chi connectivity index (χ4n) is 2.52. The van der Waals surface area contributed by atoms with Gasteiger partial charge in [-0.25, -0.2) is 4.98 Å². The zero-order valence-corrected chi connectivity index (χ0v) is 17.3. The summed E-state index contributed by atoms with van der Waals surface area (Å²) in [5.74, 6) is 1.28. The lowest BCUT2D eigenvalue weighted by Crippen LogP contribution is -2.30. The van der Waals surface area contributed by atoms with Crippen LogP contribution in [0.15, 0.2) is 47.8 Å². The summed E-state index contributed by atoms with van der Waals surface area (Å²) in [6.45, 7) is 2.37. The molecular weight excluding hydrogens is 396 g/mol. The Labute approximate surface area is 173 Å². The maximum atomic E-state index is 12.0. The van der Waals surface area contributed by atoms with Crippen molar-refractivity contribution in [1.29, 1.82) is 0 Å². The molecule has 0 aliphatic rings. The molecule has 2 aromatic carbocycles. The average molecular weight is 417 g/mol. The fraction of sp³-hybridized carbons (Fsp3) is 0.238. The minimum absolute atomic E-state index is 0.0325. The highest BCUT2D eigenvalue weighted by atomic mass is 35.5. The zero-order valence-electron chi connectivity index (χ0n) is 15.7. The first kappa shape index (κ1) is 20.2. The molecule has 0 aliphatic carbocycles. The van der Waals surface area contributed by atoms with Crippen molar-refractivity contribution >= 4 is 28.8 Å². The summed E-state index contributed by atoms with van der Waals surface area (Å²) in [6, 6.07) is 13.1.